The fourth-order valence-corrected chi connectivity index (χ4v) is 2.78. The zero-order chi connectivity index (χ0) is 17.8. The molecular weight excluding hydrogens is 326 g/mol. The molecule has 0 aromatic carbocycles. The van der Waals surface area contributed by atoms with E-state index in [9.17, 15) is 14.9 Å². The van der Waals surface area contributed by atoms with E-state index in [-0.39, 0.29) is 17.1 Å². The average Bonchev–Trinajstić information content (AvgIpc) is 2.67. The summed E-state index contributed by atoms with van der Waals surface area (Å²) in [6, 6.07) is 5.08. The molecule has 0 amide bonds. The van der Waals surface area contributed by atoms with Crippen LogP contribution in [0.5, 0.6) is 0 Å². The fraction of sp³-hybridized carbons (Fsp3) is 0.312. The first kappa shape index (κ1) is 16.6. The third-order valence-electron chi connectivity index (χ3n) is 4.07. The molecule has 1 fully saturated rings. The highest BCUT2D eigenvalue weighted by atomic mass is 16.6. The number of nitro groups is 1. The van der Waals surface area contributed by atoms with Gasteiger partial charge in [-0.25, -0.2) is 9.78 Å². The van der Waals surface area contributed by atoms with Gasteiger partial charge in [-0.2, -0.15) is 0 Å². The SMILES string of the molecule is COC(=O)c1cnc(N2CCN(c3ccncc3)CC2)c([N+](=O)[O-])c1. The molecule has 0 radical (unpaired) electrons. The maximum atomic E-state index is 11.6. The number of carbonyl (C=O) groups is 1. The number of esters is 1. The number of piperazine rings is 1. The van der Waals surface area contributed by atoms with Crippen LogP contribution < -0.4 is 9.80 Å². The van der Waals surface area contributed by atoms with Crippen LogP contribution >= 0.6 is 0 Å². The normalized spacial score (nSPS) is 14.3. The highest BCUT2D eigenvalue weighted by Gasteiger charge is 2.26. The summed E-state index contributed by atoms with van der Waals surface area (Å²) in [4.78, 5) is 34.6. The third kappa shape index (κ3) is 3.49. The summed E-state index contributed by atoms with van der Waals surface area (Å²) in [5, 5.41) is 11.4. The Morgan fingerprint density at radius 1 is 1.20 bits per heavy atom. The van der Waals surface area contributed by atoms with E-state index < -0.39 is 10.9 Å². The van der Waals surface area contributed by atoms with Crippen LogP contribution in [-0.2, 0) is 4.74 Å². The molecule has 1 aliphatic rings. The van der Waals surface area contributed by atoms with Gasteiger partial charge in [-0.15, -0.1) is 0 Å². The number of carbonyl (C=O) groups excluding carboxylic acids is 1. The van der Waals surface area contributed by atoms with E-state index in [1.165, 1.54) is 19.4 Å². The molecule has 25 heavy (non-hydrogen) atoms. The maximum Gasteiger partial charge on any atom is 0.339 e. The van der Waals surface area contributed by atoms with E-state index in [4.69, 9.17) is 0 Å². The van der Waals surface area contributed by atoms with Crippen molar-refractivity contribution < 1.29 is 14.5 Å². The van der Waals surface area contributed by atoms with Gasteiger partial charge in [-0.1, -0.05) is 0 Å². The van der Waals surface area contributed by atoms with Crippen molar-refractivity contribution in [3.8, 4) is 0 Å². The molecular formula is C16H17N5O4. The van der Waals surface area contributed by atoms with E-state index in [1.54, 1.807) is 12.4 Å². The quantitative estimate of drug-likeness (QED) is 0.467. The molecule has 0 saturated carbocycles. The van der Waals surface area contributed by atoms with Crippen molar-refractivity contribution in [1.29, 1.82) is 0 Å². The van der Waals surface area contributed by atoms with Gasteiger partial charge < -0.3 is 14.5 Å². The second-order valence-corrected chi connectivity index (χ2v) is 5.49. The molecule has 3 heterocycles. The standard InChI is InChI=1S/C16H17N5O4/c1-25-16(22)12-10-14(21(23)24)15(18-11-12)20-8-6-19(7-9-20)13-2-4-17-5-3-13/h2-5,10-11H,6-9H2,1H3. The number of rotatable bonds is 4. The molecule has 0 aliphatic carbocycles. The topological polar surface area (TPSA) is 102 Å². The van der Waals surface area contributed by atoms with Gasteiger partial charge in [0.15, 0.2) is 0 Å². The van der Waals surface area contributed by atoms with E-state index in [0.29, 0.717) is 26.2 Å². The van der Waals surface area contributed by atoms with Gasteiger partial charge >= 0.3 is 11.7 Å². The predicted octanol–water partition coefficient (Wildman–Crippen LogP) is 1.50. The van der Waals surface area contributed by atoms with E-state index in [2.05, 4.69) is 19.6 Å². The summed E-state index contributed by atoms with van der Waals surface area (Å²) in [7, 11) is 1.22. The van der Waals surface area contributed by atoms with Gasteiger partial charge in [-0.3, -0.25) is 15.1 Å². The Morgan fingerprint density at radius 2 is 1.84 bits per heavy atom. The number of nitrogens with zero attached hydrogens (tertiary/aromatic N) is 5. The summed E-state index contributed by atoms with van der Waals surface area (Å²) in [5.41, 5.74) is 0.937. The number of methoxy groups -OCH3 is 1. The van der Waals surface area contributed by atoms with Crippen molar-refractivity contribution in [2.24, 2.45) is 0 Å². The predicted molar refractivity (Wildman–Crippen MR) is 90.9 cm³/mol. The van der Waals surface area contributed by atoms with Gasteiger partial charge in [0.1, 0.15) is 0 Å². The summed E-state index contributed by atoms with van der Waals surface area (Å²) in [6.45, 7) is 2.60. The molecule has 2 aromatic heterocycles. The average molecular weight is 343 g/mol. The molecule has 3 rings (SSSR count). The third-order valence-corrected chi connectivity index (χ3v) is 4.07. The van der Waals surface area contributed by atoms with E-state index in [0.717, 1.165) is 5.69 Å². The van der Waals surface area contributed by atoms with Gasteiger partial charge in [0.2, 0.25) is 5.82 Å². The van der Waals surface area contributed by atoms with Gasteiger partial charge in [0, 0.05) is 56.5 Å². The fourth-order valence-electron chi connectivity index (χ4n) is 2.78. The molecule has 0 bridgehead atoms. The molecule has 0 spiro atoms. The summed E-state index contributed by atoms with van der Waals surface area (Å²) in [6.07, 6.45) is 4.78. The first-order valence-corrected chi connectivity index (χ1v) is 7.73. The Morgan fingerprint density at radius 3 is 2.44 bits per heavy atom. The Bertz CT molecular complexity index is 775. The number of anilines is 2. The van der Waals surface area contributed by atoms with Gasteiger partial charge in [-0.05, 0) is 12.1 Å². The van der Waals surface area contributed by atoms with Crippen LogP contribution in [0.3, 0.4) is 0 Å². The summed E-state index contributed by atoms with van der Waals surface area (Å²) < 4.78 is 4.59. The number of aromatic nitrogens is 2. The van der Waals surface area contributed by atoms with Gasteiger partial charge in [0.05, 0.1) is 17.6 Å². The maximum absolute atomic E-state index is 11.6. The van der Waals surface area contributed by atoms with Crippen LogP contribution in [0.2, 0.25) is 0 Å². The van der Waals surface area contributed by atoms with Gasteiger partial charge in [0.25, 0.3) is 0 Å². The lowest BCUT2D eigenvalue weighted by molar-refractivity contribution is -0.384. The van der Waals surface area contributed by atoms with Crippen LogP contribution in [0.15, 0.2) is 36.8 Å². The van der Waals surface area contributed by atoms with Crippen molar-refractivity contribution >= 4 is 23.2 Å². The Balaban J connectivity index is 1.78. The smallest absolute Gasteiger partial charge is 0.339 e. The molecule has 0 atom stereocenters. The minimum Gasteiger partial charge on any atom is -0.465 e. The summed E-state index contributed by atoms with van der Waals surface area (Å²) in [5.74, 6) is -0.378. The zero-order valence-corrected chi connectivity index (χ0v) is 13.7. The number of hydrogen-bond donors (Lipinski definition) is 0. The van der Waals surface area contributed by atoms with Crippen molar-refractivity contribution in [3.63, 3.8) is 0 Å². The molecule has 9 heteroatoms. The second-order valence-electron chi connectivity index (χ2n) is 5.49. The van der Waals surface area contributed by atoms with E-state index in [1.807, 2.05) is 17.0 Å². The van der Waals surface area contributed by atoms with Crippen molar-refractivity contribution in [1.82, 2.24) is 9.97 Å². The number of ether oxygens (including phenoxy) is 1. The minimum atomic E-state index is -0.648. The van der Waals surface area contributed by atoms with Crippen LogP contribution in [0, 0.1) is 10.1 Å². The Kier molecular flexibility index (Phi) is 4.73. The molecule has 0 unspecified atom stereocenters. The van der Waals surface area contributed by atoms with Crippen molar-refractivity contribution in [2.75, 3.05) is 43.1 Å². The minimum absolute atomic E-state index is 0.0633. The zero-order valence-electron chi connectivity index (χ0n) is 13.7. The van der Waals surface area contributed by atoms with Crippen molar-refractivity contribution in [2.45, 2.75) is 0 Å². The molecule has 1 saturated heterocycles. The molecule has 0 N–H and O–H groups in total. The molecule has 1 aliphatic heterocycles. The molecule has 2 aromatic rings. The second kappa shape index (κ2) is 7.12. The van der Waals surface area contributed by atoms with Crippen molar-refractivity contribution in [3.05, 3.63) is 52.5 Å². The first-order valence-electron chi connectivity index (χ1n) is 7.73. The lowest BCUT2D eigenvalue weighted by atomic mass is 10.2. The van der Waals surface area contributed by atoms with Crippen LogP contribution in [0.1, 0.15) is 10.4 Å². The number of hydrogen-bond acceptors (Lipinski definition) is 8. The monoisotopic (exact) mass is 343 g/mol. The lowest BCUT2D eigenvalue weighted by Gasteiger charge is -2.36. The first-order chi connectivity index (χ1) is 12.1. The highest BCUT2D eigenvalue weighted by molar-refractivity contribution is 5.90. The Hall–Kier alpha value is -3.23. The van der Waals surface area contributed by atoms with Crippen LogP contribution in [-0.4, -0.2) is 54.1 Å². The van der Waals surface area contributed by atoms with Crippen LogP contribution in [0.4, 0.5) is 17.2 Å². The molecule has 9 nitrogen and oxygen atoms in total. The largest absolute Gasteiger partial charge is 0.465 e. The lowest BCUT2D eigenvalue weighted by Crippen LogP contribution is -2.47. The highest BCUT2D eigenvalue weighted by Crippen LogP contribution is 2.28. The number of pyridine rings is 2. The summed E-state index contributed by atoms with van der Waals surface area (Å²) >= 11 is 0. The van der Waals surface area contributed by atoms with Crippen LogP contribution in [0.25, 0.3) is 0 Å². The molecule has 130 valence electrons. The Labute approximate surface area is 144 Å². The van der Waals surface area contributed by atoms with E-state index >= 15 is 0 Å².